The van der Waals surface area contributed by atoms with Crippen LogP contribution in [0, 0.1) is 0 Å². The van der Waals surface area contributed by atoms with Gasteiger partial charge in [-0.25, -0.2) is 12.8 Å². The molecule has 2 aliphatic carbocycles. The molecule has 4 heteroatoms. The zero-order valence-corrected chi connectivity index (χ0v) is 16.6. The van der Waals surface area contributed by atoms with E-state index in [1.165, 1.54) is 29.1 Å². The molecule has 0 saturated heterocycles. The predicted molar refractivity (Wildman–Crippen MR) is 107 cm³/mol. The number of halogens is 1. The van der Waals surface area contributed by atoms with Crippen LogP contribution in [0.2, 0.25) is 0 Å². The minimum absolute atomic E-state index is 0.178. The second kappa shape index (κ2) is 9.13. The molecule has 0 bridgehead atoms. The third-order valence-electron chi connectivity index (χ3n) is 4.53. The topological polar surface area (TPSA) is 34.1 Å². The number of allylic oxidation sites excluding steroid dienone is 8. The first-order valence-corrected chi connectivity index (χ1v) is 11.1. The number of rotatable bonds is 3. The zero-order valence-electron chi connectivity index (χ0n) is 15.8. The molecule has 0 N–H and O–H groups in total. The van der Waals surface area contributed by atoms with Crippen LogP contribution in [0.25, 0.3) is 5.57 Å². The van der Waals surface area contributed by atoms with Crippen molar-refractivity contribution in [1.29, 1.82) is 0 Å². The highest BCUT2D eigenvalue weighted by Crippen LogP contribution is 2.39. The van der Waals surface area contributed by atoms with Crippen LogP contribution in [0.4, 0.5) is 4.39 Å². The van der Waals surface area contributed by atoms with Crippen LogP contribution < -0.4 is 0 Å². The van der Waals surface area contributed by atoms with Crippen molar-refractivity contribution in [1.82, 2.24) is 0 Å². The van der Waals surface area contributed by atoms with E-state index in [-0.39, 0.29) is 5.83 Å². The summed E-state index contributed by atoms with van der Waals surface area (Å²) in [6, 6.07) is 7.15. The van der Waals surface area contributed by atoms with Crippen molar-refractivity contribution < 1.29 is 12.8 Å². The summed E-state index contributed by atoms with van der Waals surface area (Å²) >= 11 is 0. The van der Waals surface area contributed by atoms with Gasteiger partial charge in [0, 0.05) is 6.26 Å². The molecule has 0 fully saturated rings. The minimum Gasteiger partial charge on any atom is -0.224 e. The van der Waals surface area contributed by atoms with E-state index < -0.39 is 9.84 Å². The fraction of sp³-hybridized carbons (Fsp3) is 0.364. The first-order chi connectivity index (χ1) is 12.4. The number of hydrogen-bond acceptors (Lipinski definition) is 2. The molecule has 0 heterocycles. The van der Waals surface area contributed by atoms with Crippen LogP contribution in [0.15, 0.2) is 70.4 Å². The molecule has 2 aliphatic rings. The van der Waals surface area contributed by atoms with Crippen LogP contribution in [-0.2, 0) is 9.84 Å². The summed E-state index contributed by atoms with van der Waals surface area (Å²) in [5, 5.41) is 0. The van der Waals surface area contributed by atoms with Crippen LogP contribution in [0.3, 0.4) is 0 Å². The lowest BCUT2D eigenvalue weighted by Crippen LogP contribution is -1.97. The molecule has 0 spiro atoms. The molecule has 2 nitrogen and oxygen atoms in total. The van der Waals surface area contributed by atoms with Gasteiger partial charge >= 0.3 is 0 Å². The second-order valence-corrected chi connectivity index (χ2v) is 8.28. The van der Waals surface area contributed by atoms with E-state index in [1.54, 1.807) is 18.2 Å². The van der Waals surface area contributed by atoms with E-state index in [9.17, 15) is 12.8 Å². The third-order valence-corrected chi connectivity index (χ3v) is 5.66. The summed E-state index contributed by atoms with van der Waals surface area (Å²) in [7, 11) is -3.17. The van der Waals surface area contributed by atoms with E-state index in [4.69, 9.17) is 0 Å². The Balaban J connectivity index is 0.00000117. The fourth-order valence-corrected chi connectivity index (χ4v) is 3.96. The Labute approximate surface area is 156 Å². The van der Waals surface area contributed by atoms with Gasteiger partial charge in [0.2, 0.25) is 0 Å². The Morgan fingerprint density at radius 2 is 1.62 bits per heavy atom. The second-order valence-electron chi connectivity index (χ2n) is 6.27. The average Bonchev–Trinajstić information content (AvgIpc) is 3.09. The molecule has 3 rings (SSSR count). The molecule has 0 atom stereocenters. The lowest BCUT2D eigenvalue weighted by atomic mass is 9.93. The van der Waals surface area contributed by atoms with Gasteiger partial charge in [-0.3, -0.25) is 0 Å². The Bertz CT molecular complexity index is 854. The van der Waals surface area contributed by atoms with Gasteiger partial charge in [-0.05, 0) is 78.7 Å². The summed E-state index contributed by atoms with van der Waals surface area (Å²) in [6.45, 7) is 4.00. The lowest BCUT2D eigenvalue weighted by Gasteiger charge is -2.12. The standard InChI is InChI=1S/C20H21FO2S.C2H6/c1-24(22,23)18-13-11-16(12-14-18)20-10-4-9-19(20)15-5-2-7-17(21)8-3-6-15;1-2/h2,6-8,11-14H,3-5,9-10H2,1H3;1-2H3/b7-2-,15-6+,17-8?;. The maximum absolute atomic E-state index is 13.3. The molecule has 26 heavy (non-hydrogen) atoms. The Kier molecular flexibility index (Phi) is 7.15. The molecule has 0 radical (unpaired) electrons. The van der Waals surface area contributed by atoms with Crippen LogP contribution in [-0.4, -0.2) is 14.7 Å². The van der Waals surface area contributed by atoms with Gasteiger partial charge in [0.15, 0.2) is 9.84 Å². The highest BCUT2D eigenvalue weighted by atomic mass is 32.2. The third kappa shape index (κ3) is 5.04. The maximum Gasteiger partial charge on any atom is 0.175 e. The normalized spacial score (nSPS) is 20.9. The number of sulfone groups is 1. The quantitative estimate of drug-likeness (QED) is 0.633. The smallest absolute Gasteiger partial charge is 0.175 e. The van der Waals surface area contributed by atoms with Crippen LogP contribution in [0.1, 0.15) is 51.5 Å². The molecule has 0 aromatic heterocycles. The molecule has 0 unspecified atom stereocenters. The Morgan fingerprint density at radius 1 is 0.962 bits per heavy atom. The van der Waals surface area contributed by atoms with Crippen molar-refractivity contribution in [2.75, 3.05) is 6.26 Å². The predicted octanol–water partition coefficient (Wildman–Crippen LogP) is 6.18. The fourth-order valence-electron chi connectivity index (χ4n) is 3.33. The summed E-state index contributed by atoms with van der Waals surface area (Å²) in [6.07, 6.45) is 12.8. The first-order valence-electron chi connectivity index (χ1n) is 9.19. The van der Waals surface area contributed by atoms with Crippen LogP contribution in [0.5, 0.6) is 0 Å². The van der Waals surface area contributed by atoms with Crippen molar-refractivity contribution in [2.24, 2.45) is 0 Å². The summed E-state index contributed by atoms with van der Waals surface area (Å²) < 4.78 is 36.5. The van der Waals surface area contributed by atoms with E-state index in [0.717, 1.165) is 31.2 Å². The molecular weight excluding hydrogens is 347 g/mol. The van der Waals surface area contributed by atoms with Crippen molar-refractivity contribution in [3.63, 3.8) is 0 Å². The number of benzene rings is 1. The molecule has 1 aromatic rings. The van der Waals surface area contributed by atoms with Gasteiger partial charge in [0.05, 0.1) is 4.90 Å². The van der Waals surface area contributed by atoms with E-state index in [0.29, 0.717) is 11.3 Å². The molecule has 0 amide bonds. The summed E-state index contributed by atoms with van der Waals surface area (Å²) in [4.78, 5) is 0.347. The summed E-state index contributed by atoms with van der Waals surface area (Å²) in [5.74, 6) is -0.178. The van der Waals surface area contributed by atoms with Gasteiger partial charge < -0.3 is 0 Å². The molecule has 0 aliphatic heterocycles. The van der Waals surface area contributed by atoms with E-state index in [2.05, 4.69) is 6.08 Å². The van der Waals surface area contributed by atoms with Gasteiger partial charge in [0.1, 0.15) is 5.83 Å². The van der Waals surface area contributed by atoms with Gasteiger partial charge in [0.25, 0.3) is 0 Å². The lowest BCUT2D eigenvalue weighted by molar-refractivity contribution is 0.602. The zero-order chi connectivity index (χ0) is 19.2. The highest BCUT2D eigenvalue weighted by molar-refractivity contribution is 7.90. The minimum atomic E-state index is -3.17. The van der Waals surface area contributed by atoms with Crippen molar-refractivity contribution >= 4 is 15.4 Å². The SMILES string of the molecule is CC.CS(=O)(=O)c1ccc(C2=C(/C3=C/CC=C(F)/C=C\C3)CCC2)cc1. The molecule has 140 valence electrons. The Morgan fingerprint density at radius 3 is 2.27 bits per heavy atom. The monoisotopic (exact) mass is 374 g/mol. The van der Waals surface area contributed by atoms with Gasteiger partial charge in [-0.2, -0.15) is 0 Å². The highest BCUT2D eigenvalue weighted by Gasteiger charge is 2.19. The Hall–Kier alpha value is -1.94. The number of hydrogen-bond donors (Lipinski definition) is 0. The van der Waals surface area contributed by atoms with Crippen molar-refractivity contribution in [3.05, 3.63) is 71.1 Å². The van der Waals surface area contributed by atoms with E-state index >= 15 is 0 Å². The average molecular weight is 375 g/mol. The van der Waals surface area contributed by atoms with Gasteiger partial charge in [-0.15, -0.1) is 0 Å². The maximum atomic E-state index is 13.3. The molecule has 0 saturated carbocycles. The van der Waals surface area contributed by atoms with Crippen molar-refractivity contribution in [2.45, 2.75) is 50.8 Å². The van der Waals surface area contributed by atoms with E-state index in [1.807, 2.05) is 32.1 Å². The molecular formula is C22H27FO2S. The van der Waals surface area contributed by atoms with Crippen molar-refractivity contribution in [3.8, 4) is 0 Å². The first kappa shape index (κ1) is 20.4. The van der Waals surface area contributed by atoms with Crippen LogP contribution >= 0.6 is 0 Å². The largest absolute Gasteiger partial charge is 0.224 e. The molecule has 1 aromatic carbocycles. The summed E-state index contributed by atoms with van der Waals surface area (Å²) in [5.41, 5.74) is 4.97. The van der Waals surface area contributed by atoms with Gasteiger partial charge in [-0.1, -0.05) is 38.1 Å².